The maximum Gasteiger partial charge on any atom is 0.0834 e. The van der Waals surface area contributed by atoms with Gasteiger partial charge in [-0.1, -0.05) is 56.0 Å². The normalized spacial score (nSPS) is 32.4. The molecular weight excluding hydrogens is 236 g/mol. The Morgan fingerprint density at radius 2 is 1.67 bits per heavy atom. The van der Waals surface area contributed by atoms with Gasteiger partial charge in [0.15, 0.2) is 0 Å². The van der Waals surface area contributed by atoms with Gasteiger partial charge >= 0.3 is 0 Å². The summed E-state index contributed by atoms with van der Waals surface area (Å²) in [6.45, 7) is 11.2. The lowest BCUT2D eigenvalue weighted by atomic mass is 9.92. The number of allylic oxidation sites excluding steroid dienone is 1. The van der Waals surface area contributed by atoms with Crippen molar-refractivity contribution >= 4 is 8.07 Å². The highest BCUT2D eigenvalue weighted by Gasteiger charge is 2.51. The van der Waals surface area contributed by atoms with E-state index in [-0.39, 0.29) is 5.04 Å². The molecular formula is C16H24OSi. The van der Waals surface area contributed by atoms with Crippen LogP contribution in [-0.4, -0.2) is 18.8 Å². The van der Waals surface area contributed by atoms with Crippen molar-refractivity contribution in [2.24, 2.45) is 0 Å². The molecule has 0 aliphatic heterocycles. The third-order valence-corrected chi connectivity index (χ3v) is 7.85. The second-order valence-corrected chi connectivity index (χ2v) is 12.3. The van der Waals surface area contributed by atoms with E-state index in [1.165, 1.54) is 5.56 Å². The van der Waals surface area contributed by atoms with Gasteiger partial charge in [-0.25, -0.2) is 0 Å². The molecule has 1 nitrogen and oxygen atoms in total. The topological polar surface area (TPSA) is 20.2 Å². The zero-order valence-electron chi connectivity index (χ0n) is 12.1. The van der Waals surface area contributed by atoms with Crippen LogP contribution in [0.2, 0.25) is 19.6 Å². The molecule has 0 spiro atoms. The molecule has 1 aromatic carbocycles. The summed E-state index contributed by atoms with van der Waals surface area (Å²) in [5.74, 6) is 0. The molecule has 0 amide bonds. The minimum atomic E-state index is -1.48. The molecule has 18 heavy (non-hydrogen) atoms. The average molecular weight is 260 g/mol. The molecule has 1 aliphatic carbocycles. The minimum absolute atomic E-state index is 0.0574. The lowest BCUT2D eigenvalue weighted by molar-refractivity contribution is 0.0919. The molecule has 2 heteroatoms. The Bertz CT molecular complexity index is 468. The van der Waals surface area contributed by atoms with E-state index in [0.717, 1.165) is 12.0 Å². The first kappa shape index (κ1) is 13.6. The van der Waals surface area contributed by atoms with Crippen molar-refractivity contribution in [1.82, 2.24) is 0 Å². The molecule has 98 valence electrons. The van der Waals surface area contributed by atoms with Gasteiger partial charge in [-0.3, -0.25) is 0 Å². The molecule has 2 rings (SSSR count). The van der Waals surface area contributed by atoms with E-state index in [0.29, 0.717) is 0 Å². The molecule has 1 aliphatic rings. The van der Waals surface area contributed by atoms with Crippen LogP contribution in [0.25, 0.3) is 0 Å². The summed E-state index contributed by atoms with van der Waals surface area (Å²) < 4.78 is 0. The Labute approximate surface area is 112 Å². The van der Waals surface area contributed by atoms with Gasteiger partial charge in [0, 0.05) is 5.04 Å². The first-order valence-electron chi connectivity index (χ1n) is 6.67. The van der Waals surface area contributed by atoms with Crippen LogP contribution in [-0.2, 0) is 5.04 Å². The van der Waals surface area contributed by atoms with E-state index in [1.54, 1.807) is 0 Å². The van der Waals surface area contributed by atoms with E-state index < -0.39 is 13.7 Å². The van der Waals surface area contributed by atoms with Crippen LogP contribution in [0.4, 0.5) is 0 Å². The second-order valence-electron chi connectivity index (χ2n) is 6.87. The number of aliphatic hydroxyl groups is 1. The van der Waals surface area contributed by atoms with Gasteiger partial charge in [0.05, 0.1) is 13.7 Å². The summed E-state index contributed by atoms with van der Waals surface area (Å²) in [6.07, 6.45) is 3.17. The quantitative estimate of drug-likeness (QED) is 0.631. The first-order valence-corrected chi connectivity index (χ1v) is 10.2. The molecule has 0 radical (unpaired) electrons. The third kappa shape index (κ3) is 1.98. The van der Waals surface area contributed by atoms with Crippen LogP contribution in [0.3, 0.4) is 0 Å². The predicted molar refractivity (Wildman–Crippen MR) is 80.5 cm³/mol. The van der Waals surface area contributed by atoms with Crippen molar-refractivity contribution < 1.29 is 5.11 Å². The van der Waals surface area contributed by atoms with Crippen molar-refractivity contribution in [1.29, 1.82) is 0 Å². The van der Waals surface area contributed by atoms with E-state index >= 15 is 0 Å². The van der Waals surface area contributed by atoms with Crippen molar-refractivity contribution in [2.45, 2.75) is 50.5 Å². The Morgan fingerprint density at radius 1 is 1.11 bits per heavy atom. The lowest BCUT2D eigenvalue weighted by Gasteiger charge is -2.41. The first-order chi connectivity index (χ1) is 8.19. The third-order valence-electron chi connectivity index (χ3n) is 4.56. The summed E-state index contributed by atoms with van der Waals surface area (Å²) in [4.78, 5) is 0. The highest BCUT2D eigenvalue weighted by Crippen LogP contribution is 2.49. The minimum Gasteiger partial charge on any atom is -0.386 e. The average Bonchev–Trinajstić information content (AvgIpc) is 2.52. The smallest absolute Gasteiger partial charge is 0.0834 e. The maximum absolute atomic E-state index is 10.6. The van der Waals surface area contributed by atoms with Gasteiger partial charge in [0.25, 0.3) is 0 Å². The van der Waals surface area contributed by atoms with Crippen molar-refractivity contribution in [3.8, 4) is 0 Å². The second kappa shape index (κ2) is 4.07. The largest absolute Gasteiger partial charge is 0.386 e. The van der Waals surface area contributed by atoms with E-state index in [4.69, 9.17) is 0 Å². The Morgan fingerprint density at radius 3 is 2.06 bits per heavy atom. The fourth-order valence-electron chi connectivity index (χ4n) is 3.09. The zero-order valence-corrected chi connectivity index (χ0v) is 13.1. The Hall–Kier alpha value is -0.863. The lowest BCUT2D eigenvalue weighted by Crippen LogP contribution is -2.49. The maximum atomic E-state index is 10.6. The van der Waals surface area contributed by atoms with Gasteiger partial charge in [0.2, 0.25) is 0 Å². The highest BCUT2D eigenvalue weighted by atomic mass is 28.3. The molecule has 0 saturated heterocycles. The van der Waals surface area contributed by atoms with Crippen LogP contribution >= 0.6 is 0 Å². The van der Waals surface area contributed by atoms with Crippen LogP contribution in [0, 0.1) is 0 Å². The van der Waals surface area contributed by atoms with Gasteiger partial charge in [-0.2, -0.15) is 0 Å². The molecule has 0 fully saturated rings. The molecule has 1 N–H and O–H groups in total. The Kier molecular flexibility index (Phi) is 3.07. The molecule has 2 atom stereocenters. The van der Waals surface area contributed by atoms with Gasteiger partial charge in [-0.05, 0) is 31.4 Å². The molecule has 2 unspecified atom stereocenters. The van der Waals surface area contributed by atoms with Crippen molar-refractivity contribution in [3.05, 3.63) is 47.5 Å². The van der Waals surface area contributed by atoms with Crippen molar-refractivity contribution in [3.63, 3.8) is 0 Å². The predicted octanol–water partition coefficient (Wildman–Crippen LogP) is 3.90. The van der Waals surface area contributed by atoms with E-state index in [1.807, 2.05) is 6.92 Å². The highest BCUT2D eigenvalue weighted by molar-refractivity contribution is 6.79. The van der Waals surface area contributed by atoms with Crippen molar-refractivity contribution in [2.75, 3.05) is 0 Å². The van der Waals surface area contributed by atoms with Crippen LogP contribution in [0.5, 0.6) is 0 Å². The molecule has 0 bridgehead atoms. The number of benzene rings is 1. The summed E-state index contributed by atoms with van der Waals surface area (Å²) in [7, 11) is -1.48. The summed E-state index contributed by atoms with van der Waals surface area (Å²) >= 11 is 0. The summed E-state index contributed by atoms with van der Waals surface area (Å²) in [6, 6.07) is 10.7. The van der Waals surface area contributed by atoms with Gasteiger partial charge in [0.1, 0.15) is 0 Å². The number of rotatable bonds is 2. The number of hydrogen-bond acceptors (Lipinski definition) is 1. The number of hydrogen-bond donors (Lipinski definition) is 1. The van der Waals surface area contributed by atoms with Gasteiger partial charge < -0.3 is 5.11 Å². The SMILES string of the molecule is CC1=CC(c2ccccc2)([Si](C)(C)C)CC1(C)O. The van der Waals surface area contributed by atoms with Crippen LogP contribution < -0.4 is 0 Å². The monoisotopic (exact) mass is 260 g/mol. The summed E-state index contributed by atoms with van der Waals surface area (Å²) in [5, 5.41) is 10.6. The Balaban J connectivity index is 2.60. The zero-order chi connectivity index (χ0) is 13.6. The van der Waals surface area contributed by atoms with E-state index in [9.17, 15) is 5.11 Å². The van der Waals surface area contributed by atoms with Crippen LogP contribution in [0.15, 0.2) is 42.0 Å². The van der Waals surface area contributed by atoms with E-state index in [2.05, 4.69) is 63.0 Å². The fraction of sp³-hybridized carbons (Fsp3) is 0.500. The summed E-state index contributed by atoms with van der Waals surface area (Å²) in [5.41, 5.74) is 1.82. The standard InChI is InChI=1S/C16H24OSi/c1-13-11-16(18(3,4)5,12-15(13,2)17)14-9-7-6-8-10-14/h6-11,17H,12H2,1-5H3. The molecule has 1 aromatic rings. The molecule has 0 aromatic heterocycles. The molecule has 0 heterocycles. The van der Waals surface area contributed by atoms with Gasteiger partial charge in [-0.15, -0.1) is 0 Å². The fourth-order valence-corrected chi connectivity index (χ4v) is 5.65. The van der Waals surface area contributed by atoms with Crippen LogP contribution in [0.1, 0.15) is 25.8 Å². The molecule has 0 saturated carbocycles.